The van der Waals surface area contributed by atoms with Gasteiger partial charge in [-0.05, 0) is 44.9 Å². The average Bonchev–Trinajstić information content (AvgIpc) is 2.89. The first-order valence-corrected chi connectivity index (χ1v) is 8.63. The topological polar surface area (TPSA) is 39.7 Å². The molecule has 2 rings (SSSR count). The van der Waals surface area contributed by atoms with Gasteiger partial charge in [-0.15, -0.1) is 0 Å². The second-order valence-corrected chi connectivity index (χ2v) is 6.71. The molecule has 2 N–H and O–H groups in total. The minimum atomic E-state index is -0.448. The second kappa shape index (κ2) is 8.42. The van der Waals surface area contributed by atoms with Crippen molar-refractivity contribution in [2.75, 3.05) is 19.6 Å². The molecule has 1 aliphatic rings. The van der Waals surface area contributed by atoms with Crippen LogP contribution in [0.15, 0.2) is 23.2 Å². The van der Waals surface area contributed by atoms with Crippen molar-refractivity contribution in [1.29, 1.82) is 0 Å². The Morgan fingerprint density at radius 3 is 2.71 bits per heavy atom. The Labute approximate surface area is 143 Å². The maximum atomic E-state index is 13.7. The molecule has 1 saturated heterocycles. The van der Waals surface area contributed by atoms with Gasteiger partial charge < -0.3 is 10.6 Å². The SMILES string of the molecule is CCNC(=NCc1cc(F)ccc1F)NC1CN(C(C)C)CC1C. The van der Waals surface area contributed by atoms with E-state index in [0.717, 1.165) is 25.2 Å². The molecule has 1 heterocycles. The minimum absolute atomic E-state index is 0.105. The number of nitrogens with zero attached hydrogens (tertiary/aromatic N) is 2. The van der Waals surface area contributed by atoms with Crippen molar-refractivity contribution in [3.05, 3.63) is 35.4 Å². The van der Waals surface area contributed by atoms with E-state index in [4.69, 9.17) is 0 Å². The molecule has 1 fully saturated rings. The molecule has 0 aliphatic carbocycles. The van der Waals surface area contributed by atoms with Crippen molar-refractivity contribution < 1.29 is 8.78 Å². The number of benzene rings is 1. The van der Waals surface area contributed by atoms with Crippen LogP contribution in [0.5, 0.6) is 0 Å². The Balaban J connectivity index is 2.04. The molecule has 0 aromatic heterocycles. The summed E-state index contributed by atoms with van der Waals surface area (Å²) in [4.78, 5) is 6.85. The molecule has 2 atom stereocenters. The first-order valence-electron chi connectivity index (χ1n) is 8.63. The second-order valence-electron chi connectivity index (χ2n) is 6.71. The number of hydrogen-bond donors (Lipinski definition) is 2. The maximum absolute atomic E-state index is 13.7. The lowest BCUT2D eigenvalue weighted by atomic mass is 10.1. The van der Waals surface area contributed by atoms with Gasteiger partial charge in [-0.2, -0.15) is 0 Å². The highest BCUT2D eigenvalue weighted by atomic mass is 19.1. The summed E-state index contributed by atoms with van der Waals surface area (Å²) in [5, 5.41) is 6.62. The van der Waals surface area contributed by atoms with Crippen LogP contribution in [-0.2, 0) is 6.54 Å². The molecule has 6 heteroatoms. The predicted octanol–water partition coefficient (Wildman–Crippen LogP) is 2.75. The summed E-state index contributed by atoms with van der Waals surface area (Å²) in [6.45, 7) is 11.4. The third-order valence-electron chi connectivity index (χ3n) is 4.45. The van der Waals surface area contributed by atoms with Gasteiger partial charge in [-0.3, -0.25) is 4.90 Å². The fourth-order valence-corrected chi connectivity index (χ4v) is 2.94. The molecular weight excluding hydrogens is 310 g/mol. The van der Waals surface area contributed by atoms with Crippen LogP contribution in [0.2, 0.25) is 0 Å². The zero-order valence-electron chi connectivity index (χ0n) is 14.9. The highest BCUT2D eigenvalue weighted by molar-refractivity contribution is 5.80. The Kier molecular flexibility index (Phi) is 6.54. The van der Waals surface area contributed by atoms with Crippen molar-refractivity contribution in [3.63, 3.8) is 0 Å². The largest absolute Gasteiger partial charge is 0.357 e. The molecule has 0 bridgehead atoms. The van der Waals surface area contributed by atoms with Crippen LogP contribution in [-0.4, -0.2) is 42.6 Å². The van der Waals surface area contributed by atoms with Gasteiger partial charge in [0.1, 0.15) is 11.6 Å². The number of guanidine groups is 1. The smallest absolute Gasteiger partial charge is 0.191 e. The number of likely N-dealkylation sites (tertiary alicyclic amines) is 1. The third kappa shape index (κ3) is 4.90. The standard InChI is InChI=1S/C18H28F2N4/c1-5-21-18(22-9-14-8-15(19)6-7-16(14)20)23-17-11-24(12(2)3)10-13(17)4/h6-8,12-13,17H,5,9-11H2,1-4H3,(H2,21,22,23). The van der Waals surface area contributed by atoms with Gasteiger partial charge in [-0.25, -0.2) is 13.8 Å². The minimum Gasteiger partial charge on any atom is -0.357 e. The lowest BCUT2D eigenvalue weighted by Crippen LogP contribution is -2.46. The lowest BCUT2D eigenvalue weighted by Gasteiger charge is -2.22. The van der Waals surface area contributed by atoms with Crippen molar-refractivity contribution in [3.8, 4) is 0 Å². The van der Waals surface area contributed by atoms with Gasteiger partial charge >= 0.3 is 0 Å². The van der Waals surface area contributed by atoms with Crippen LogP contribution in [0.25, 0.3) is 0 Å². The molecule has 1 aromatic rings. The van der Waals surface area contributed by atoms with E-state index < -0.39 is 11.6 Å². The van der Waals surface area contributed by atoms with Gasteiger partial charge in [0, 0.05) is 37.3 Å². The number of rotatable bonds is 5. The maximum Gasteiger partial charge on any atom is 0.191 e. The Hall–Kier alpha value is -1.69. The summed E-state index contributed by atoms with van der Waals surface area (Å²) in [6.07, 6.45) is 0. The van der Waals surface area contributed by atoms with Crippen LogP contribution < -0.4 is 10.6 Å². The van der Waals surface area contributed by atoms with E-state index in [9.17, 15) is 8.78 Å². The summed E-state index contributed by atoms with van der Waals surface area (Å²) in [5.74, 6) is 0.263. The molecule has 0 saturated carbocycles. The van der Waals surface area contributed by atoms with E-state index in [1.165, 1.54) is 6.07 Å². The summed E-state index contributed by atoms with van der Waals surface area (Å²) in [5.41, 5.74) is 0.260. The van der Waals surface area contributed by atoms with E-state index in [0.29, 0.717) is 30.5 Å². The quantitative estimate of drug-likeness (QED) is 0.641. The number of hydrogen-bond acceptors (Lipinski definition) is 2. The van der Waals surface area contributed by atoms with Crippen LogP contribution in [0, 0.1) is 17.6 Å². The van der Waals surface area contributed by atoms with E-state index in [1.54, 1.807) is 0 Å². The average molecular weight is 338 g/mol. The molecule has 4 nitrogen and oxygen atoms in total. The van der Waals surface area contributed by atoms with Crippen molar-refractivity contribution in [2.24, 2.45) is 10.9 Å². The van der Waals surface area contributed by atoms with Crippen LogP contribution in [0.3, 0.4) is 0 Å². The first kappa shape index (κ1) is 18.6. The zero-order chi connectivity index (χ0) is 17.7. The van der Waals surface area contributed by atoms with Crippen molar-refractivity contribution >= 4 is 5.96 Å². The van der Waals surface area contributed by atoms with Crippen LogP contribution in [0.4, 0.5) is 8.78 Å². The third-order valence-corrected chi connectivity index (χ3v) is 4.45. The number of nitrogens with one attached hydrogen (secondary N) is 2. The summed E-state index contributed by atoms with van der Waals surface area (Å²) >= 11 is 0. The summed E-state index contributed by atoms with van der Waals surface area (Å²) < 4.78 is 27.0. The highest BCUT2D eigenvalue weighted by Gasteiger charge is 2.31. The molecule has 0 spiro atoms. The van der Waals surface area contributed by atoms with Crippen LogP contribution >= 0.6 is 0 Å². The monoisotopic (exact) mass is 338 g/mol. The van der Waals surface area contributed by atoms with Crippen LogP contribution in [0.1, 0.15) is 33.3 Å². The van der Waals surface area contributed by atoms with Gasteiger partial charge in [0.15, 0.2) is 5.96 Å². The Morgan fingerprint density at radius 1 is 1.33 bits per heavy atom. The molecule has 0 amide bonds. The molecule has 1 aliphatic heterocycles. The first-order chi connectivity index (χ1) is 11.4. The predicted molar refractivity (Wildman–Crippen MR) is 94.0 cm³/mol. The van der Waals surface area contributed by atoms with Crippen molar-refractivity contribution in [2.45, 2.75) is 46.3 Å². The molecule has 134 valence electrons. The lowest BCUT2D eigenvalue weighted by molar-refractivity contribution is 0.265. The molecule has 1 aromatic carbocycles. The fourth-order valence-electron chi connectivity index (χ4n) is 2.94. The normalized spacial score (nSPS) is 22.2. The Bertz CT molecular complexity index is 574. The van der Waals surface area contributed by atoms with E-state index in [-0.39, 0.29) is 12.1 Å². The van der Waals surface area contributed by atoms with E-state index in [2.05, 4.69) is 41.3 Å². The number of halogens is 2. The number of aliphatic imine (C=N–C) groups is 1. The fraction of sp³-hybridized carbons (Fsp3) is 0.611. The molecule has 2 unspecified atom stereocenters. The van der Waals surface area contributed by atoms with E-state index >= 15 is 0 Å². The summed E-state index contributed by atoms with van der Waals surface area (Å²) in [7, 11) is 0. The van der Waals surface area contributed by atoms with Gasteiger partial charge in [0.25, 0.3) is 0 Å². The van der Waals surface area contributed by atoms with Gasteiger partial charge in [0.2, 0.25) is 0 Å². The van der Waals surface area contributed by atoms with E-state index in [1.807, 2.05) is 6.92 Å². The summed E-state index contributed by atoms with van der Waals surface area (Å²) in [6, 6.07) is 4.26. The highest BCUT2D eigenvalue weighted by Crippen LogP contribution is 2.18. The zero-order valence-corrected chi connectivity index (χ0v) is 14.9. The van der Waals surface area contributed by atoms with Gasteiger partial charge in [0.05, 0.1) is 6.54 Å². The molecule has 0 radical (unpaired) electrons. The van der Waals surface area contributed by atoms with Crippen molar-refractivity contribution in [1.82, 2.24) is 15.5 Å². The van der Waals surface area contributed by atoms with Gasteiger partial charge in [-0.1, -0.05) is 6.92 Å². The Morgan fingerprint density at radius 2 is 2.08 bits per heavy atom. The molecular formula is C18H28F2N4. The molecule has 24 heavy (non-hydrogen) atoms.